The van der Waals surface area contributed by atoms with Gasteiger partial charge in [0.2, 0.25) is 0 Å². The highest BCUT2D eigenvalue weighted by Gasteiger charge is 2.33. The number of esters is 1. The first-order valence-electron chi connectivity index (χ1n) is 7.45. The molecule has 0 aromatic carbocycles. The lowest BCUT2D eigenvalue weighted by Gasteiger charge is -2.32. The van der Waals surface area contributed by atoms with Crippen LogP contribution in [0.1, 0.15) is 53.4 Å². The summed E-state index contributed by atoms with van der Waals surface area (Å²) in [4.78, 5) is 14.3. The molecule has 0 aromatic heterocycles. The van der Waals surface area contributed by atoms with Crippen molar-refractivity contribution < 1.29 is 9.53 Å². The molecule has 19 heavy (non-hydrogen) atoms. The maximum absolute atomic E-state index is 11.9. The summed E-state index contributed by atoms with van der Waals surface area (Å²) in [6, 6.07) is 0.554. The van der Waals surface area contributed by atoms with E-state index in [9.17, 15) is 4.79 Å². The van der Waals surface area contributed by atoms with Crippen LogP contribution in [0.5, 0.6) is 0 Å². The number of carbonyl (C=O) groups is 1. The van der Waals surface area contributed by atoms with Gasteiger partial charge in [-0.15, -0.1) is 0 Å². The van der Waals surface area contributed by atoms with E-state index >= 15 is 0 Å². The molecule has 0 fully saturated rings. The Morgan fingerprint density at radius 3 is 2.47 bits per heavy atom. The van der Waals surface area contributed by atoms with Gasteiger partial charge in [-0.1, -0.05) is 20.3 Å². The number of rotatable bonds is 10. The van der Waals surface area contributed by atoms with Gasteiger partial charge in [-0.05, 0) is 46.7 Å². The van der Waals surface area contributed by atoms with Gasteiger partial charge in [0.05, 0.1) is 7.11 Å². The lowest BCUT2D eigenvalue weighted by molar-refractivity contribution is -0.148. The van der Waals surface area contributed by atoms with E-state index in [-0.39, 0.29) is 5.97 Å². The first-order valence-corrected chi connectivity index (χ1v) is 7.45. The van der Waals surface area contributed by atoms with E-state index in [0.717, 1.165) is 25.9 Å². The smallest absolute Gasteiger partial charge is 0.325 e. The second-order valence-corrected chi connectivity index (χ2v) is 5.62. The Morgan fingerprint density at radius 1 is 1.37 bits per heavy atom. The molecule has 0 heterocycles. The number of nitrogens with zero attached hydrogens (tertiary/aromatic N) is 1. The molecule has 0 saturated heterocycles. The summed E-state index contributed by atoms with van der Waals surface area (Å²) < 4.78 is 4.93. The van der Waals surface area contributed by atoms with Crippen molar-refractivity contribution in [3.8, 4) is 0 Å². The summed E-state index contributed by atoms with van der Waals surface area (Å²) in [6.07, 6.45) is 4.15. The highest BCUT2D eigenvalue weighted by molar-refractivity contribution is 5.80. The van der Waals surface area contributed by atoms with Crippen molar-refractivity contribution in [2.45, 2.75) is 65.0 Å². The molecule has 0 rings (SSSR count). The number of carbonyl (C=O) groups excluding carboxylic acids is 1. The first-order chi connectivity index (χ1) is 8.91. The van der Waals surface area contributed by atoms with Crippen LogP contribution in [0.2, 0.25) is 0 Å². The van der Waals surface area contributed by atoms with Crippen LogP contribution in [-0.4, -0.2) is 49.7 Å². The summed E-state index contributed by atoms with van der Waals surface area (Å²) in [5.41, 5.74) is -0.578. The summed E-state index contributed by atoms with van der Waals surface area (Å²) >= 11 is 0. The van der Waals surface area contributed by atoms with Crippen molar-refractivity contribution >= 4 is 5.97 Å². The van der Waals surface area contributed by atoms with E-state index in [4.69, 9.17) is 4.74 Å². The molecule has 0 radical (unpaired) electrons. The second kappa shape index (κ2) is 9.32. The maximum atomic E-state index is 11.9. The number of hydrogen-bond donors (Lipinski definition) is 1. The molecule has 0 spiro atoms. The predicted octanol–water partition coefficient (Wildman–Crippen LogP) is 2.43. The Bertz CT molecular complexity index is 259. The SMILES string of the molecule is CCCNC(C)(CCN(C)C(C)CCC)C(=O)OC. The van der Waals surface area contributed by atoms with Crippen molar-refractivity contribution in [2.75, 3.05) is 27.2 Å². The minimum atomic E-state index is -0.578. The molecule has 4 heteroatoms. The van der Waals surface area contributed by atoms with Crippen LogP contribution in [0.3, 0.4) is 0 Å². The standard InChI is InChI=1S/C15H32N2O2/c1-7-9-13(3)17(5)12-10-15(4,14(18)19-6)16-11-8-2/h13,16H,7-12H2,1-6H3. The summed E-state index contributed by atoms with van der Waals surface area (Å²) in [6.45, 7) is 10.2. The van der Waals surface area contributed by atoms with E-state index in [2.05, 4.69) is 38.0 Å². The Hall–Kier alpha value is -0.610. The van der Waals surface area contributed by atoms with Gasteiger partial charge in [-0.2, -0.15) is 0 Å². The van der Waals surface area contributed by atoms with Crippen LogP contribution >= 0.6 is 0 Å². The zero-order chi connectivity index (χ0) is 14.9. The fourth-order valence-corrected chi connectivity index (χ4v) is 2.15. The Labute approximate surface area is 118 Å². The highest BCUT2D eigenvalue weighted by atomic mass is 16.5. The number of ether oxygens (including phenoxy) is 1. The summed E-state index contributed by atoms with van der Waals surface area (Å²) in [5, 5.41) is 3.32. The van der Waals surface area contributed by atoms with Crippen molar-refractivity contribution in [3.63, 3.8) is 0 Å². The number of nitrogens with one attached hydrogen (secondary N) is 1. The van der Waals surface area contributed by atoms with Gasteiger partial charge < -0.3 is 15.0 Å². The third kappa shape index (κ3) is 6.39. The molecular weight excluding hydrogens is 240 g/mol. The lowest BCUT2D eigenvalue weighted by Crippen LogP contribution is -2.52. The van der Waals surface area contributed by atoms with Gasteiger partial charge >= 0.3 is 5.97 Å². The average Bonchev–Trinajstić information content (AvgIpc) is 2.41. The van der Waals surface area contributed by atoms with E-state index in [0.29, 0.717) is 6.04 Å². The lowest BCUT2D eigenvalue weighted by atomic mass is 9.96. The molecule has 1 N–H and O–H groups in total. The first kappa shape index (κ1) is 18.4. The van der Waals surface area contributed by atoms with Crippen LogP contribution in [-0.2, 0) is 9.53 Å². The van der Waals surface area contributed by atoms with Gasteiger partial charge in [-0.25, -0.2) is 0 Å². The molecule has 0 amide bonds. The zero-order valence-corrected chi connectivity index (χ0v) is 13.6. The van der Waals surface area contributed by atoms with Gasteiger partial charge in [0.1, 0.15) is 5.54 Å². The van der Waals surface area contributed by atoms with Crippen LogP contribution < -0.4 is 5.32 Å². The number of methoxy groups -OCH3 is 1. The Morgan fingerprint density at radius 2 is 2.00 bits per heavy atom. The summed E-state index contributed by atoms with van der Waals surface area (Å²) in [5.74, 6) is -0.169. The van der Waals surface area contributed by atoms with Crippen molar-refractivity contribution in [3.05, 3.63) is 0 Å². The Kier molecular flexibility index (Phi) is 9.02. The summed E-state index contributed by atoms with van der Waals surface area (Å²) in [7, 11) is 3.58. The van der Waals surface area contributed by atoms with Crippen LogP contribution in [0, 0.1) is 0 Å². The van der Waals surface area contributed by atoms with Crippen LogP contribution in [0.4, 0.5) is 0 Å². The third-order valence-corrected chi connectivity index (χ3v) is 3.82. The van der Waals surface area contributed by atoms with Gasteiger partial charge in [-0.3, -0.25) is 4.79 Å². The van der Waals surface area contributed by atoms with Gasteiger partial charge in [0.25, 0.3) is 0 Å². The van der Waals surface area contributed by atoms with E-state index in [1.54, 1.807) is 0 Å². The second-order valence-electron chi connectivity index (χ2n) is 5.62. The van der Waals surface area contributed by atoms with E-state index < -0.39 is 5.54 Å². The molecule has 0 saturated carbocycles. The molecule has 0 aliphatic rings. The minimum Gasteiger partial charge on any atom is -0.468 e. The molecule has 2 atom stereocenters. The van der Waals surface area contributed by atoms with Crippen molar-refractivity contribution in [1.82, 2.24) is 10.2 Å². The van der Waals surface area contributed by atoms with Gasteiger partial charge in [0, 0.05) is 12.6 Å². The molecular formula is C15H32N2O2. The molecule has 0 aliphatic heterocycles. The predicted molar refractivity (Wildman–Crippen MR) is 80.3 cm³/mol. The topological polar surface area (TPSA) is 41.6 Å². The Balaban J connectivity index is 4.44. The zero-order valence-electron chi connectivity index (χ0n) is 13.6. The van der Waals surface area contributed by atoms with E-state index in [1.165, 1.54) is 20.0 Å². The van der Waals surface area contributed by atoms with Gasteiger partial charge in [0.15, 0.2) is 0 Å². The average molecular weight is 272 g/mol. The largest absolute Gasteiger partial charge is 0.468 e. The van der Waals surface area contributed by atoms with Crippen molar-refractivity contribution in [1.29, 1.82) is 0 Å². The quantitative estimate of drug-likeness (QED) is 0.620. The molecule has 4 nitrogen and oxygen atoms in total. The fraction of sp³-hybridized carbons (Fsp3) is 0.933. The fourth-order valence-electron chi connectivity index (χ4n) is 2.15. The molecule has 0 aliphatic carbocycles. The third-order valence-electron chi connectivity index (χ3n) is 3.82. The van der Waals surface area contributed by atoms with Crippen LogP contribution in [0.15, 0.2) is 0 Å². The monoisotopic (exact) mass is 272 g/mol. The molecule has 0 bridgehead atoms. The van der Waals surface area contributed by atoms with E-state index in [1.807, 2.05) is 6.92 Å². The van der Waals surface area contributed by atoms with Crippen LogP contribution in [0.25, 0.3) is 0 Å². The molecule has 2 unspecified atom stereocenters. The number of hydrogen-bond acceptors (Lipinski definition) is 4. The highest BCUT2D eigenvalue weighted by Crippen LogP contribution is 2.14. The molecule has 0 aromatic rings. The maximum Gasteiger partial charge on any atom is 0.325 e. The molecule has 114 valence electrons. The van der Waals surface area contributed by atoms with Crippen molar-refractivity contribution in [2.24, 2.45) is 0 Å². The minimum absolute atomic E-state index is 0.169. The normalized spacial score (nSPS) is 16.2.